The number of ether oxygens (including phenoxy) is 1. The number of rotatable bonds is 2. The van der Waals surface area contributed by atoms with E-state index in [0.717, 1.165) is 47.3 Å². The van der Waals surface area contributed by atoms with Crippen molar-refractivity contribution in [2.45, 2.75) is 6.92 Å². The molecule has 1 N–H and O–H groups in total. The van der Waals surface area contributed by atoms with Gasteiger partial charge >= 0.3 is 0 Å². The Morgan fingerprint density at radius 2 is 2.05 bits per heavy atom. The van der Waals surface area contributed by atoms with E-state index >= 15 is 0 Å². The molecule has 0 radical (unpaired) electrons. The van der Waals surface area contributed by atoms with E-state index in [4.69, 9.17) is 9.72 Å². The monoisotopic (exact) mass is 296 g/mol. The van der Waals surface area contributed by atoms with E-state index in [9.17, 15) is 0 Å². The Bertz CT molecular complexity index is 794. The third-order valence-electron chi connectivity index (χ3n) is 3.68. The van der Waals surface area contributed by atoms with Gasteiger partial charge in [0, 0.05) is 31.0 Å². The lowest BCUT2D eigenvalue weighted by Crippen LogP contribution is -2.37. The molecule has 3 aromatic rings. The summed E-state index contributed by atoms with van der Waals surface area (Å²) in [6, 6.07) is 3.86. The highest BCUT2D eigenvalue weighted by Crippen LogP contribution is 2.26. The van der Waals surface area contributed by atoms with Gasteiger partial charge in [-0.3, -0.25) is 4.98 Å². The fraction of sp³-hybridized carbons (Fsp3) is 0.333. The van der Waals surface area contributed by atoms with Crippen LogP contribution in [-0.2, 0) is 4.74 Å². The lowest BCUT2D eigenvalue weighted by molar-refractivity contribution is 0.122. The van der Waals surface area contributed by atoms with Crippen molar-refractivity contribution < 1.29 is 4.74 Å². The van der Waals surface area contributed by atoms with Gasteiger partial charge in [0.2, 0.25) is 0 Å². The van der Waals surface area contributed by atoms with Crippen molar-refractivity contribution in [1.82, 2.24) is 24.9 Å². The summed E-state index contributed by atoms with van der Waals surface area (Å²) in [6.45, 7) is 4.96. The van der Waals surface area contributed by atoms with Gasteiger partial charge in [-0.25, -0.2) is 15.0 Å². The summed E-state index contributed by atoms with van der Waals surface area (Å²) < 4.78 is 5.42. The van der Waals surface area contributed by atoms with Crippen molar-refractivity contribution >= 4 is 17.0 Å². The van der Waals surface area contributed by atoms with Crippen LogP contribution in [0.25, 0.3) is 22.6 Å². The molecule has 7 heteroatoms. The first-order valence-corrected chi connectivity index (χ1v) is 7.29. The van der Waals surface area contributed by atoms with Crippen LogP contribution >= 0.6 is 0 Å². The van der Waals surface area contributed by atoms with Gasteiger partial charge in [0.15, 0.2) is 17.0 Å². The summed E-state index contributed by atoms with van der Waals surface area (Å²) >= 11 is 0. The average Bonchev–Trinajstić information content (AvgIpc) is 2.99. The van der Waals surface area contributed by atoms with Crippen molar-refractivity contribution in [1.29, 1.82) is 0 Å². The second-order valence-corrected chi connectivity index (χ2v) is 5.22. The Balaban J connectivity index is 1.84. The number of nitrogens with one attached hydrogen (secondary N) is 1. The number of morpholine rings is 1. The van der Waals surface area contributed by atoms with Gasteiger partial charge in [-0.2, -0.15) is 0 Å². The van der Waals surface area contributed by atoms with Crippen molar-refractivity contribution in [3.05, 3.63) is 30.4 Å². The van der Waals surface area contributed by atoms with Gasteiger partial charge < -0.3 is 14.6 Å². The van der Waals surface area contributed by atoms with Gasteiger partial charge in [-0.05, 0) is 19.1 Å². The van der Waals surface area contributed by atoms with Crippen molar-refractivity contribution in [3.63, 3.8) is 0 Å². The van der Waals surface area contributed by atoms with E-state index in [1.54, 1.807) is 12.4 Å². The number of fused-ring (bicyclic) bond motifs is 1. The molecule has 0 aliphatic carbocycles. The first kappa shape index (κ1) is 13.1. The van der Waals surface area contributed by atoms with E-state index in [0.29, 0.717) is 13.2 Å². The molecule has 4 rings (SSSR count). The predicted molar refractivity (Wildman–Crippen MR) is 82.7 cm³/mol. The lowest BCUT2D eigenvalue weighted by Gasteiger charge is -2.27. The number of imidazole rings is 1. The van der Waals surface area contributed by atoms with Gasteiger partial charge in [0.25, 0.3) is 0 Å². The standard InChI is InChI=1S/C15H16N6O/c1-10-17-14-12(15(18-10)21-5-7-22-8-6-21)19-13(20-14)11-3-2-4-16-9-11/h2-4,9H,5-8H2,1H3,(H,17,18,19,20). The topological polar surface area (TPSA) is 79.8 Å². The van der Waals surface area contributed by atoms with Gasteiger partial charge in [-0.1, -0.05) is 0 Å². The fourth-order valence-electron chi connectivity index (χ4n) is 2.63. The maximum absolute atomic E-state index is 5.42. The molecule has 3 aromatic heterocycles. The van der Waals surface area contributed by atoms with Crippen LogP contribution in [0.1, 0.15) is 5.82 Å². The number of aromatic amines is 1. The molecule has 0 amide bonds. The molecule has 0 aromatic carbocycles. The molecule has 1 aliphatic rings. The van der Waals surface area contributed by atoms with Crippen LogP contribution in [0.15, 0.2) is 24.5 Å². The number of pyridine rings is 1. The maximum atomic E-state index is 5.42. The molecule has 1 fully saturated rings. The summed E-state index contributed by atoms with van der Waals surface area (Å²) in [6.07, 6.45) is 3.53. The molecular weight excluding hydrogens is 280 g/mol. The quantitative estimate of drug-likeness (QED) is 0.773. The number of H-pyrrole nitrogens is 1. The Morgan fingerprint density at radius 3 is 2.82 bits per heavy atom. The largest absolute Gasteiger partial charge is 0.378 e. The highest BCUT2D eigenvalue weighted by Gasteiger charge is 2.19. The summed E-state index contributed by atoms with van der Waals surface area (Å²) in [5.41, 5.74) is 2.49. The van der Waals surface area contributed by atoms with E-state index in [1.807, 2.05) is 19.1 Å². The normalized spacial score (nSPS) is 15.4. The first-order valence-electron chi connectivity index (χ1n) is 7.29. The Kier molecular flexibility index (Phi) is 3.19. The van der Waals surface area contributed by atoms with Crippen LogP contribution in [0.5, 0.6) is 0 Å². The lowest BCUT2D eigenvalue weighted by atomic mass is 10.3. The number of aromatic nitrogens is 5. The number of hydrogen-bond donors (Lipinski definition) is 1. The molecule has 0 atom stereocenters. The molecule has 0 unspecified atom stereocenters. The van der Waals surface area contributed by atoms with E-state index in [1.165, 1.54) is 0 Å². The molecule has 4 heterocycles. The van der Waals surface area contributed by atoms with Crippen LogP contribution in [0.3, 0.4) is 0 Å². The second kappa shape index (κ2) is 5.34. The van der Waals surface area contributed by atoms with Gasteiger partial charge in [0.1, 0.15) is 11.6 Å². The molecule has 112 valence electrons. The molecule has 0 saturated carbocycles. The average molecular weight is 296 g/mol. The zero-order chi connectivity index (χ0) is 14.9. The molecule has 0 bridgehead atoms. The minimum atomic E-state index is 0.713. The van der Waals surface area contributed by atoms with Gasteiger partial charge in [-0.15, -0.1) is 0 Å². The van der Waals surface area contributed by atoms with Crippen LogP contribution in [0.2, 0.25) is 0 Å². The second-order valence-electron chi connectivity index (χ2n) is 5.22. The van der Waals surface area contributed by atoms with Crippen LogP contribution in [0.4, 0.5) is 5.82 Å². The predicted octanol–water partition coefficient (Wildman–Crippen LogP) is 1.56. The highest BCUT2D eigenvalue weighted by molar-refractivity contribution is 5.86. The van der Waals surface area contributed by atoms with Crippen molar-refractivity contribution in [2.75, 3.05) is 31.2 Å². The zero-order valence-corrected chi connectivity index (χ0v) is 12.3. The van der Waals surface area contributed by atoms with Crippen molar-refractivity contribution in [3.8, 4) is 11.4 Å². The molecule has 1 saturated heterocycles. The Morgan fingerprint density at radius 1 is 1.18 bits per heavy atom. The van der Waals surface area contributed by atoms with E-state index in [-0.39, 0.29) is 0 Å². The van der Waals surface area contributed by atoms with Crippen LogP contribution in [0, 0.1) is 6.92 Å². The third-order valence-corrected chi connectivity index (χ3v) is 3.68. The fourth-order valence-corrected chi connectivity index (χ4v) is 2.63. The zero-order valence-electron chi connectivity index (χ0n) is 12.3. The highest BCUT2D eigenvalue weighted by atomic mass is 16.5. The molecule has 7 nitrogen and oxygen atoms in total. The maximum Gasteiger partial charge on any atom is 0.163 e. The summed E-state index contributed by atoms with van der Waals surface area (Å²) in [4.78, 5) is 23.4. The minimum absolute atomic E-state index is 0.713. The number of hydrogen-bond acceptors (Lipinski definition) is 6. The number of anilines is 1. The Labute approximate surface area is 127 Å². The molecule has 1 aliphatic heterocycles. The summed E-state index contributed by atoms with van der Waals surface area (Å²) in [5.74, 6) is 2.37. The number of nitrogens with zero attached hydrogens (tertiary/aromatic N) is 5. The smallest absolute Gasteiger partial charge is 0.163 e. The van der Waals surface area contributed by atoms with Gasteiger partial charge in [0.05, 0.1) is 13.2 Å². The molecule has 0 spiro atoms. The van der Waals surface area contributed by atoms with Crippen LogP contribution < -0.4 is 4.90 Å². The first-order chi connectivity index (χ1) is 10.8. The minimum Gasteiger partial charge on any atom is -0.378 e. The third kappa shape index (κ3) is 2.29. The van der Waals surface area contributed by atoms with Crippen LogP contribution in [-0.4, -0.2) is 51.2 Å². The molecule has 22 heavy (non-hydrogen) atoms. The number of aryl methyl sites for hydroxylation is 1. The summed E-state index contributed by atoms with van der Waals surface area (Å²) in [7, 11) is 0. The Hall–Kier alpha value is -2.54. The molecular formula is C15H16N6O. The van der Waals surface area contributed by atoms with E-state index in [2.05, 4.69) is 24.8 Å². The SMILES string of the molecule is Cc1nc(N2CCOCC2)c2nc(-c3cccnc3)[nH]c2n1. The van der Waals surface area contributed by atoms with Crippen molar-refractivity contribution in [2.24, 2.45) is 0 Å². The van der Waals surface area contributed by atoms with E-state index < -0.39 is 0 Å². The summed E-state index contributed by atoms with van der Waals surface area (Å²) in [5, 5.41) is 0.